The number of benzene rings is 1. The highest BCUT2D eigenvalue weighted by Gasteiger charge is 2.26. The minimum Gasteiger partial charge on any atom is -0.347 e. The third-order valence-electron chi connectivity index (χ3n) is 3.31. The first-order valence-corrected chi connectivity index (χ1v) is 8.41. The molecule has 1 aliphatic heterocycles. The molecule has 0 aliphatic carbocycles. The summed E-state index contributed by atoms with van der Waals surface area (Å²) >= 11 is 1.52. The molecule has 0 atom stereocenters. The summed E-state index contributed by atoms with van der Waals surface area (Å²) in [4.78, 5) is 21.6. The van der Waals surface area contributed by atoms with Gasteiger partial charge in [-0.1, -0.05) is 30.3 Å². The Hall–Kier alpha value is -2.27. The van der Waals surface area contributed by atoms with E-state index in [0.717, 1.165) is 16.3 Å². The van der Waals surface area contributed by atoms with E-state index in [-0.39, 0.29) is 11.4 Å². The minimum absolute atomic E-state index is 0.0924. The number of aliphatic imine (C=N–C) groups is 1. The molecule has 0 spiro atoms. The molecule has 1 aliphatic rings. The zero-order chi connectivity index (χ0) is 16.4. The van der Waals surface area contributed by atoms with Gasteiger partial charge in [0.2, 0.25) is 0 Å². The zero-order valence-corrected chi connectivity index (χ0v) is 14.3. The lowest BCUT2D eigenvalue weighted by molar-refractivity contribution is -0.118. The fraction of sp³-hybridized carbons (Fsp3) is 0.278. The fourth-order valence-corrected chi connectivity index (χ4v) is 3.17. The molecule has 2 heterocycles. The van der Waals surface area contributed by atoms with Crippen molar-refractivity contribution in [3.05, 3.63) is 52.4 Å². The van der Waals surface area contributed by atoms with Gasteiger partial charge in [0.15, 0.2) is 0 Å². The molecule has 0 radical (unpaired) electrons. The van der Waals surface area contributed by atoms with Gasteiger partial charge in [-0.05, 0) is 26.8 Å². The molecule has 3 rings (SSSR count). The molecule has 118 valence electrons. The summed E-state index contributed by atoms with van der Waals surface area (Å²) in [6.07, 6.45) is 1.86. The standard InChI is InChI=1S/C18H19N3OS/c1-18(2,3)21-16(22)13-9-10-19-15(13)17-20-14(11-23-17)12-7-5-4-6-8-12/h4-9,11H,10H2,1-3H3,(H,21,22). The molecule has 2 aromatic rings. The smallest absolute Gasteiger partial charge is 0.253 e. The average molecular weight is 325 g/mol. The number of rotatable bonds is 3. The highest BCUT2D eigenvalue weighted by Crippen LogP contribution is 2.25. The Balaban J connectivity index is 1.84. The van der Waals surface area contributed by atoms with Crippen molar-refractivity contribution in [1.29, 1.82) is 0 Å². The van der Waals surface area contributed by atoms with Crippen molar-refractivity contribution < 1.29 is 4.79 Å². The number of hydrogen-bond acceptors (Lipinski definition) is 4. The molecule has 0 unspecified atom stereocenters. The fourth-order valence-electron chi connectivity index (χ4n) is 2.33. The highest BCUT2D eigenvalue weighted by atomic mass is 32.1. The van der Waals surface area contributed by atoms with Crippen molar-refractivity contribution >= 4 is 23.0 Å². The van der Waals surface area contributed by atoms with Gasteiger partial charge >= 0.3 is 0 Å². The maximum atomic E-state index is 12.4. The van der Waals surface area contributed by atoms with Gasteiger partial charge < -0.3 is 5.32 Å². The van der Waals surface area contributed by atoms with Gasteiger partial charge in [0.05, 0.1) is 17.8 Å². The summed E-state index contributed by atoms with van der Waals surface area (Å²) in [5.41, 5.74) is 3.02. The molecule has 0 fully saturated rings. The summed E-state index contributed by atoms with van der Waals surface area (Å²) in [6.45, 7) is 6.43. The molecule has 1 N–H and O–H groups in total. The maximum Gasteiger partial charge on any atom is 0.253 e. The van der Waals surface area contributed by atoms with E-state index in [1.807, 2.05) is 62.6 Å². The lowest BCUT2D eigenvalue weighted by atomic mass is 10.1. The summed E-state index contributed by atoms with van der Waals surface area (Å²) < 4.78 is 0. The predicted octanol–water partition coefficient (Wildman–Crippen LogP) is 3.45. The Bertz CT molecular complexity index is 782. The average Bonchev–Trinajstić information content (AvgIpc) is 3.15. The molecule has 0 saturated heterocycles. The van der Waals surface area contributed by atoms with Gasteiger partial charge in [0.1, 0.15) is 10.7 Å². The number of aromatic nitrogens is 1. The van der Waals surface area contributed by atoms with Crippen molar-refractivity contribution in [1.82, 2.24) is 10.3 Å². The van der Waals surface area contributed by atoms with E-state index < -0.39 is 0 Å². The molecule has 0 saturated carbocycles. The van der Waals surface area contributed by atoms with Crippen LogP contribution in [0.25, 0.3) is 11.3 Å². The first-order valence-electron chi connectivity index (χ1n) is 7.53. The zero-order valence-electron chi connectivity index (χ0n) is 13.5. The molecule has 1 aromatic heterocycles. The molecule has 23 heavy (non-hydrogen) atoms. The van der Waals surface area contributed by atoms with E-state index in [0.29, 0.717) is 17.8 Å². The number of thiazole rings is 1. The molecule has 1 aromatic carbocycles. The molecule has 0 bridgehead atoms. The second-order valence-corrected chi connectivity index (χ2v) is 7.27. The summed E-state index contributed by atoms with van der Waals surface area (Å²) in [6, 6.07) is 10.0. The summed E-state index contributed by atoms with van der Waals surface area (Å²) in [5, 5.41) is 5.78. The number of hydrogen-bond donors (Lipinski definition) is 1. The van der Waals surface area contributed by atoms with E-state index >= 15 is 0 Å². The summed E-state index contributed by atoms with van der Waals surface area (Å²) in [7, 11) is 0. The van der Waals surface area contributed by atoms with E-state index in [4.69, 9.17) is 0 Å². The molecule has 4 nitrogen and oxygen atoms in total. The van der Waals surface area contributed by atoms with Crippen molar-refractivity contribution in [2.24, 2.45) is 4.99 Å². The van der Waals surface area contributed by atoms with Crippen LogP contribution in [0.2, 0.25) is 0 Å². The van der Waals surface area contributed by atoms with Crippen molar-refractivity contribution in [2.45, 2.75) is 26.3 Å². The largest absolute Gasteiger partial charge is 0.347 e. The van der Waals surface area contributed by atoms with Crippen LogP contribution in [-0.4, -0.2) is 28.7 Å². The number of nitrogens with zero attached hydrogens (tertiary/aromatic N) is 2. The Morgan fingerprint density at radius 2 is 1.96 bits per heavy atom. The Morgan fingerprint density at radius 1 is 1.22 bits per heavy atom. The quantitative estimate of drug-likeness (QED) is 0.939. The van der Waals surface area contributed by atoms with Crippen LogP contribution in [-0.2, 0) is 4.79 Å². The van der Waals surface area contributed by atoms with Crippen LogP contribution in [0.3, 0.4) is 0 Å². The number of carbonyl (C=O) groups is 1. The van der Waals surface area contributed by atoms with Gasteiger partial charge in [0, 0.05) is 16.5 Å². The number of nitrogens with one attached hydrogen (secondary N) is 1. The van der Waals surface area contributed by atoms with E-state index in [2.05, 4.69) is 15.3 Å². The molecular weight excluding hydrogens is 306 g/mol. The lowest BCUT2D eigenvalue weighted by Gasteiger charge is -2.21. The van der Waals surface area contributed by atoms with Crippen molar-refractivity contribution in [2.75, 3.05) is 6.54 Å². The summed E-state index contributed by atoms with van der Waals surface area (Å²) in [5.74, 6) is -0.0924. The third kappa shape index (κ3) is 3.56. The predicted molar refractivity (Wildman–Crippen MR) is 94.9 cm³/mol. The van der Waals surface area contributed by atoms with Crippen LogP contribution >= 0.6 is 11.3 Å². The lowest BCUT2D eigenvalue weighted by Crippen LogP contribution is -2.42. The van der Waals surface area contributed by atoms with E-state index in [1.54, 1.807) is 0 Å². The normalized spacial score (nSPS) is 14.4. The van der Waals surface area contributed by atoms with Gasteiger partial charge in [-0.2, -0.15) is 0 Å². The SMILES string of the molecule is CC(C)(C)NC(=O)C1=CCN=C1c1nc(-c2ccccc2)cs1. The maximum absolute atomic E-state index is 12.4. The van der Waals surface area contributed by atoms with Crippen LogP contribution in [0, 0.1) is 0 Å². The van der Waals surface area contributed by atoms with Crippen molar-refractivity contribution in [3.63, 3.8) is 0 Å². The van der Waals surface area contributed by atoms with Gasteiger partial charge in [-0.15, -0.1) is 11.3 Å². The number of carbonyl (C=O) groups excluding carboxylic acids is 1. The van der Waals surface area contributed by atoms with Crippen LogP contribution in [0.1, 0.15) is 25.8 Å². The van der Waals surface area contributed by atoms with Crippen LogP contribution in [0.15, 0.2) is 52.4 Å². The number of amides is 1. The van der Waals surface area contributed by atoms with Gasteiger partial charge in [-0.3, -0.25) is 9.79 Å². The second-order valence-electron chi connectivity index (χ2n) is 6.42. The first-order chi connectivity index (χ1) is 10.9. The Kier molecular flexibility index (Phi) is 4.13. The monoisotopic (exact) mass is 325 g/mol. The van der Waals surface area contributed by atoms with Crippen LogP contribution < -0.4 is 5.32 Å². The van der Waals surface area contributed by atoms with Gasteiger partial charge in [-0.25, -0.2) is 4.98 Å². The molecular formula is C18H19N3OS. The molecule has 1 amide bonds. The first kappa shape index (κ1) is 15.6. The van der Waals surface area contributed by atoms with Crippen molar-refractivity contribution in [3.8, 4) is 11.3 Å². The molecule has 5 heteroatoms. The van der Waals surface area contributed by atoms with E-state index in [1.165, 1.54) is 11.3 Å². The Morgan fingerprint density at radius 3 is 2.65 bits per heavy atom. The third-order valence-corrected chi connectivity index (χ3v) is 4.16. The minimum atomic E-state index is -0.274. The van der Waals surface area contributed by atoms with Crippen LogP contribution in [0.5, 0.6) is 0 Å². The Labute approximate surface area is 140 Å². The highest BCUT2D eigenvalue weighted by molar-refractivity contribution is 7.12. The second kappa shape index (κ2) is 6.08. The van der Waals surface area contributed by atoms with Gasteiger partial charge in [0.25, 0.3) is 5.91 Å². The van der Waals surface area contributed by atoms with E-state index in [9.17, 15) is 4.79 Å². The van der Waals surface area contributed by atoms with Crippen LogP contribution in [0.4, 0.5) is 0 Å². The topological polar surface area (TPSA) is 54.4 Å².